The lowest BCUT2D eigenvalue weighted by molar-refractivity contribution is -0.152. The van der Waals surface area contributed by atoms with Crippen LogP contribution in [0.15, 0.2) is 54.6 Å². The lowest BCUT2D eigenvalue weighted by atomic mass is 10.0. The average Bonchev–Trinajstić information content (AvgIpc) is 3.19. The summed E-state index contributed by atoms with van der Waals surface area (Å²) in [6, 6.07) is 12.2. The fourth-order valence-electron chi connectivity index (χ4n) is 5.13. The molecule has 0 saturated carbocycles. The van der Waals surface area contributed by atoms with Crippen molar-refractivity contribution in [2.75, 3.05) is 44.2 Å². The van der Waals surface area contributed by atoms with Gasteiger partial charge in [-0.25, -0.2) is 0 Å². The summed E-state index contributed by atoms with van der Waals surface area (Å²) in [5.74, 6) is -1.12. The zero-order valence-electron chi connectivity index (χ0n) is 21.4. The van der Waals surface area contributed by atoms with Crippen LogP contribution in [-0.2, 0) is 20.6 Å². The molecular formula is C27H32ClF3N4O3. The van der Waals surface area contributed by atoms with Crippen LogP contribution in [0.3, 0.4) is 0 Å². The number of carbonyl (C=O) groups is 3. The SMILES string of the molecule is CCN(CC)C1CC(=O)N(C(C(=O)N2CCN(c3cccc(C(F)(F)F)c3)CC2)c2ccccc2)C1=O.Cl. The summed E-state index contributed by atoms with van der Waals surface area (Å²) in [6.45, 7) is 6.24. The van der Waals surface area contributed by atoms with Gasteiger partial charge in [-0.3, -0.25) is 24.2 Å². The van der Waals surface area contributed by atoms with E-state index in [2.05, 4.69) is 0 Å². The first-order valence-corrected chi connectivity index (χ1v) is 12.5. The van der Waals surface area contributed by atoms with Crippen LogP contribution < -0.4 is 4.90 Å². The number of imide groups is 1. The van der Waals surface area contributed by atoms with Gasteiger partial charge < -0.3 is 9.80 Å². The first-order valence-electron chi connectivity index (χ1n) is 12.5. The largest absolute Gasteiger partial charge is 0.416 e. The normalized spacial score (nSPS) is 19.1. The summed E-state index contributed by atoms with van der Waals surface area (Å²) in [5.41, 5.74) is 0.268. The summed E-state index contributed by atoms with van der Waals surface area (Å²) in [7, 11) is 0. The number of piperazine rings is 1. The Kier molecular flexibility index (Phi) is 9.43. The van der Waals surface area contributed by atoms with Crippen LogP contribution in [0.2, 0.25) is 0 Å². The third-order valence-corrected chi connectivity index (χ3v) is 7.15. The van der Waals surface area contributed by atoms with E-state index in [9.17, 15) is 27.6 Å². The van der Waals surface area contributed by atoms with E-state index in [4.69, 9.17) is 0 Å². The number of likely N-dealkylation sites (tertiary alicyclic amines) is 1. The van der Waals surface area contributed by atoms with Gasteiger partial charge in [0.25, 0.3) is 5.91 Å². The number of nitrogens with zero attached hydrogens (tertiary/aromatic N) is 4. The fraction of sp³-hybridized carbons (Fsp3) is 0.444. The molecule has 11 heteroatoms. The molecule has 4 rings (SSSR count). The molecule has 2 unspecified atom stereocenters. The number of halogens is 4. The van der Waals surface area contributed by atoms with E-state index in [0.29, 0.717) is 37.4 Å². The first kappa shape index (κ1) is 29.4. The van der Waals surface area contributed by atoms with E-state index in [1.165, 1.54) is 6.07 Å². The highest BCUT2D eigenvalue weighted by atomic mass is 35.5. The van der Waals surface area contributed by atoms with E-state index in [1.54, 1.807) is 46.2 Å². The van der Waals surface area contributed by atoms with Crippen molar-refractivity contribution in [2.45, 2.75) is 38.5 Å². The van der Waals surface area contributed by atoms with Crippen LogP contribution in [0.5, 0.6) is 0 Å². The smallest absolute Gasteiger partial charge is 0.368 e. The minimum atomic E-state index is -4.44. The van der Waals surface area contributed by atoms with Gasteiger partial charge in [0.2, 0.25) is 11.8 Å². The van der Waals surface area contributed by atoms with Crippen molar-refractivity contribution < 1.29 is 27.6 Å². The molecule has 0 spiro atoms. The molecule has 2 fully saturated rings. The van der Waals surface area contributed by atoms with Gasteiger partial charge in [-0.1, -0.05) is 50.2 Å². The van der Waals surface area contributed by atoms with Gasteiger partial charge in [0.05, 0.1) is 18.0 Å². The van der Waals surface area contributed by atoms with Crippen molar-refractivity contribution in [3.63, 3.8) is 0 Å². The van der Waals surface area contributed by atoms with E-state index >= 15 is 0 Å². The Hall–Kier alpha value is -3.11. The summed E-state index contributed by atoms with van der Waals surface area (Å²) < 4.78 is 39.5. The summed E-state index contributed by atoms with van der Waals surface area (Å²) in [6.07, 6.45) is -4.41. The van der Waals surface area contributed by atoms with E-state index in [-0.39, 0.29) is 49.6 Å². The third-order valence-electron chi connectivity index (χ3n) is 7.15. The van der Waals surface area contributed by atoms with Crippen molar-refractivity contribution in [1.82, 2.24) is 14.7 Å². The van der Waals surface area contributed by atoms with Crippen molar-refractivity contribution in [3.05, 3.63) is 65.7 Å². The van der Waals surface area contributed by atoms with Crippen LogP contribution in [0.1, 0.15) is 37.4 Å². The topological polar surface area (TPSA) is 64.2 Å². The number of amides is 3. The van der Waals surface area contributed by atoms with Gasteiger partial charge in [0.15, 0.2) is 0 Å². The van der Waals surface area contributed by atoms with Crippen LogP contribution in [0, 0.1) is 0 Å². The van der Waals surface area contributed by atoms with Crippen LogP contribution in [0.25, 0.3) is 0 Å². The van der Waals surface area contributed by atoms with E-state index in [1.807, 2.05) is 18.7 Å². The first-order chi connectivity index (χ1) is 17.7. The van der Waals surface area contributed by atoms with Gasteiger partial charge >= 0.3 is 6.18 Å². The summed E-state index contributed by atoms with van der Waals surface area (Å²) in [5, 5.41) is 0. The number of likely N-dealkylation sites (N-methyl/N-ethyl adjacent to an activating group) is 1. The molecule has 0 aromatic heterocycles. The van der Waals surface area contributed by atoms with Gasteiger partial charge in [-0.15, -0.1) is 12.4 Å². The maximum Gasteiger partial charge on any atom is 0.416 e. The Morgan fingerprint density at radius 3 is 2.18 bits per heavy atom. The lowest BCUT2D eigenvalue weighted by Crippen LogP contribution is -2.53. The molecule has 3 amide bonds. The molecule has 38 heavy (non-hydrogen) atoms. The summed E-state index contributed by atoms with van der Waals surface area (Å²) >= 11 is 0. The number of alkyl halides is 3. The zero-order chi connectivity index (χ0) is 26.7. The lowest BCUT2D eigenvalue weighted by Gasteiger charge is -2.39. The highest BCUT2D eigenvalue weighted by Crippen LogP contribution is 2.33. The predicted octanol–water partition coefficient (Wildman–Crippen LogP) is 3.99. The van der Waals surface area contributed by atoms with Gasteiger partial charge in [-0.05, 0) is 36.9 Å². The third kappa shape index (κ3) is 5.96. The van der Waals surface area contributed by atoms with Gasteiger partial charge in [-0.2, -0.15) is 13.2 Å². The number of benzene rings is 2. The summed E-state index contributed by atoms with van der Waals surface area (Å²) in [4.78, 5) is 46.8. The molecule has 2 aliphatic rings. The molecule has 0 aliphatic carbocycles. The minimum Gasteiger partial charge on any atom is -0.368 e. The monoisotopic (exact) mass is 552 g/mol. The Morgan fingerprint density at radius 2 is 1.61 bits per heavy atom. The highest BCUT2D eigenvalue weighted by Gasteiger charge is 2.48. The molecule has 2 aliphatic heterocycles. The molecule has 0 radical (unpaired) electrons. The maximum atomic E-state index is 13.8. The molecule has 2 saturated heterocycles. The van der Waals surface area contributed by atoms with Crippen molar-refractivity contribution >= 4 is 35.8 Å². The number of carbonyl (C=O) groups excluding carboxylic acids is 3. The zero-order valence-corrected chi connectivity index (χ0v) is 22.2. The maximum absolute atomic E-state index is 13.8. The van der Waals surface area contributed by atoms with Crippen molar-refractivity contribution in [1.29, 1.82) is 0 Å². The second-order valence-corrected chi connectivity index (χ2v) is 9.22. The number of anilines is 1. The van der Waals surface area contributed by atoms with Crippen LogP contribution in [-0.4, -0.2) is 77.7 Å². The molecule has 2 heterocycles. The van der Waals surface area contributed by atoms with E-state index < -0.39 is 23.8 Å². The Bertz CT molecular complexity index is 1140. The number of rotatable bonds is 7. The Labute approximate surface area is 226 Å². The van der Waals surface area contributed by atoms with Gasteiger partial charge in [0.1, 0.15) is 6.04 Å². The Morgan fingerprint density at radius 1 is 0.974 bits per heavy atom. The number of hydrogen-bond acceptors (Lipinski definition) is 5. The average molecular weight is 553 g/mol. The second-order valence-electron chi connectivity index (χ2n) is 9.22. The van der Waals surface area contributed by atoms with Crippen molar-refractivity contribution in [3.8, 4) is 0 Å². The van der Waals surface area contributed by atoms with E-state index in [0.717, 1.165) is 17.0 Å². The molecule has 0 N–H and O–H groups in total. The molecule has 2 atom stereocenters. The standard InChI is InChI=1S/C27H31F3N4O3.ClH/c1-3-31(4-2)22-18-23(35)34(25(22)36)24(19-9-6-5-7-10-19)26(37)33-15-13-32(14-16-33)21-12-8-11-20(17-21)27(28,29)30;/h5-12,17,22,24H,3-4,13-16,18H2,1-2H3;1H. The second kappa shape index (κ2) is 12.2. The molecule has 7 nitrogen and oxygen atoms in total. The van der Waals surface area contributed by atoms with Crippen molar-refractivity contribution in [2.24, 2.45) is 0 Å². The molecule has 2 aromatic carbocycles. The Balaban J connectivity index is 0.00000400. The van der Waals surface area contributed by atoms with Crippen LogP contribution >= 0.6 is 12.4 Å². The highest BCUT2D eigenvalue weighted by molar-refractivity contribution is 6.08. The molecule has 206 valence electrons. The number of hydrogen-bond donors (Lipinski definition) is 0. The molecular weight excluding hydrogens is 521 g/mol. The quantitative estimate of drug-likeness (QED) is 0.486. The molecule has 2 aromatic rings. The van der Waals surface area contributed by atoms with Gasteiger partial charge in [0, 0.05) is 31.9 Å². The van der Waals surface area contributed by atoms with Crippen LogP contribution in [0.4, 0.5) is 18.9 Å². The fourth-order valence-corrected chi connectivity index (χ4v) is 5.13. The predicted molar refractivity (Wildman–Crippen MR) is 140 cm³/mol. The molecule has 0 bridgehead atoms. The minimum absolute atomic E-state index is 0.